The van der Waals surface area contributed by atoms with Crippen molar-refractivity contribution in [2.24, 2.45) is 0 Å². The van der Waals surface area contributed by atoms with E-state index in [1.54, 1.807) is 42.5 Å². The van der Waals surface area contributed by atoms with Gasteiger partial charge in [0.05, 0.1) is 19.1 Å². The van der Waals surface area contributed by atoms with Crippen LogP contribution in [0.5, 0.6) is 11.5 Å². The highest BCUT2D eigenvalue weighted by molar-refractivity contribution is 7.91. The highest BCUT2D eigenvalue weighted by Gasteiger charge is 2.28. The van der Waals surface area contributed by atoms with Gasteiger partial charge in [0, 0.05) is 6.07 Å². The van der Waals surface area contributed by atoms with Crippen LogP contribution < -0.4 is 15.2 Å². The molecule has 0 amide bonds. The fourth-order valence-electron chi connectivity index (χ4n) is 2.85. The van der Waals surface area contributed by atoms with Gasteiger partial charge in [-0.15, -0.1) is 5.10 Å². The van der Waals surface area contributed by atoms with Gasteiger partial charge in [-0.05, 0) is 35.2 Å². The van der Waals surface area contributed by atoms with E-state index in [1.807, 2.05) is 0 Å². The van der Waals surface area contributed by atoms with E-state index in [0.29, 0.717) is 17.2 Å². The molecule has 9 heteroatoms. The monoisotopic (exact) mass is 416 g/mol. The van der Waals surface area contributed by atoms with Crippen molar-refractivity contribution in [3.63, 3.8) is 0 Å². The molecule has 0 bridgehead atoms. The highest BCUT2D eigenvalue weighted by atomic mass is 32.2. The van der Waals surface area contributed by atoms with E-state index in [0.717, 1.165) is 5.56 Å². The van der Waals surface area contributed by atoms with Crippen LogP contribution in [-0.2, 0) is 15.3 Å². The summed E-state index contributed by atoms with van der Waals surface area (Å²) in [5, 5.41) is 7.48. The number of hydrogen-bond donors (Lipinski definition) is 1. The molecule has 0 aliphatic rings. The highest BCUT2D eigenvalue weighted by Crippen LogP contribution is 2.32. The van der Waals surface area contributed by atoms with Gasteiger partial charge in [-0.1, -0.05) is 38.1 Å². The van der Waals surface area contributed by atoms with E-state index in [-0.39, 0.29) is 21.2 Å². The summed E-state index contributed by atoms with van der Waals surface area (Å²) in [5.41, 5.74) is 7.49. The number of ether oxygens (including phenoxy) is 2. The molecule has 0 atom stereocenters. The van der Waals surface area contributed by atoms with Crippen molar-refractivity contribution in [3.8, 4) is 17.2 Å². The number of aromatic nitrogens is 3. The van der Waals surface area contributed by atoms with Crippen LogP contribution in [0.15, 0.2) is 52.4 Å². The standard InChI is InChI=1S/C20H24N4O4S/c1-20(2,3)13-6-9-15(10-7-13)29(25,26)19-18(21)24(23-22-19)16-12-14(27-4)8-11-17(16)28-5/h6-12H,21H2,1-5H3. The molecular formula is C20H24N4O4S. The molecule has 154 valence electrons. The van der Waals surface area contributed by atoms with Crippen molar-refractivity contribution in [1.29, 1.82) is 0 Å². The molecule has 0 spiro atoms. The molecule has 1 heterocycles. The minimum atomic E-state index is -3.95. The zero-order valence-corrected chi connectivity index (χ0v) is 17.8. The van der Waals surface area contributed by atoms with Crippen molar-refractivity contribution < 1.29 is 17.9 Å². The summed E-state index contributed by atoms with van der Waals surface area (Å²) < 4.78 is 37.9. The molecule has 0 radical (unpaired) electrons. The molecule has 0 fully saturated rings. The average molecular weight is 417 g/mol. The topological polar surface area (TPSA) is 109 Å². The van der Waals surface area contributed by atoms with Crippen molar-refractivity contribution in [2.45, 2.75) is 36.1 Å². The van der Waals surface area contributed by atoms with Crippen LogP contribution in [0.2, 0.25) is 0 Å². The molecule has 3 aromatic rings. The summed E-state index contributed by atoms with van der Waals surface area (Å²) in [6.45, 7) is 6.17. The van der Waals surface area contributed by atoms with E-state index in [9.17, 15) is 8.42 Å². The summed E-state index contributed by atoms with van der Waals surface area (Å²) in [7, 11) is -0.932. The Kier molecular flexibility index (Phi) is 5.27. The number of anilines is 1. The van der Waals surface area contributed by atoms with Crippen LogP contribution in [0, 0.1) is 0 Å². The molecule has 0 aliphatic heterocycles. The van der Waals surface area contributed by atoms with Gasteiger partial charge in [-0.2, -0.15) is 4.68 Å². The lowest BCUT2D eigenvalue weighted by molar-refractivity contribution is 0.400. The lowest BCUT2D eigenvalue weighted by Gasteiger charge is -2.19. The quantitative estimate of drug-likeness (QED) is 0.681. The minimum Gasteiger partial charge on any atom is -0.497 e. The zero-order chi connectivity index (χ0) is 21.4. The first-order valence-corrected chi connectivity index (χ1v) is 10.4. The first kappa shape index (κ1) is 20.7. The number of nitrogens with two attached hydrogens (primary N) is 1. The Hall–Kier alpha value is -3.07. The normalized spacial score (nSPS) is 12.0. The second-order valence-electron chi connectivity index (χ2n) is 7.51. The van der Waals surface area contributed by atoms with Crippen molar-refractivity contribution >= 4 is 15.7 Å². The number of hydrogen-bond acceptors (Lipinski definition) is 7. The Bertz CT molecular complexity index is 1130. The van der Waals surface area contributed by atoms with Gasteiger partial charge < -0.3 is 15.2 Å². The Morgan fingerprint density at radius 3 is 2.21 bits per heavy atom. The molecule has 2 N–H and O–H groups in total. The van der Waals surface area contributed by atoms with Crippen molar-refractivity contribution in [3.05, 3.63) is 48.0 Å². The number of nitrogen functional groups attached to an aromatic ring is 1. The van der Waals surface area contributed by atoms with Crippen molar-refractivity contribution in [2.75, 3.05) is 20.0 Å². The molecular weight excluding hydrogens is 392 g/mol. The predicted molar refractivity (Wildman–Crippen MR) is 109 cm³/mol. The van der Waals surface area contributed by atoms with Crippen LogP contribution in [0.3, 0.4) is 0 Å². The van der Waals surface area contributed by atoms with Gasteiger partial charge in [-0.25, -0.2) is 8.42 Å². The fraction of sp³-hybridized carbons (Fsp3) is 0.300. The number of rotatable bonds is 5. The lowest BCUT2D eigenvalue weighted by Crippen LogP contribution is -2.12. The molecule has 0 saturated heterocycles. The molecule has 8 nitrogen and oxygen atoms in total. The SMILES string of the molecule is COc1ccc(OC)c(-n2nnc(S(=O)(=O)c3ccc(C(C)(C)C)cc3)c2N)c1. The van der Waals surface area contributed by atoms with Crippen LogP contribution in [0.1, 0.15) is 26.3 Å². The van der Waals surface area contributed by atoms with E-state index in [2.05, 4.69) is 31.1 Å². The summed E-state index contributed by atoms with van der Waals surface area (Å²) in [4.78, 5) is 0.0989. The van der Waals surface area contributed by atoms with Crippen molar-refractivity contribution in [1.82, 2.24) is 15.0 Å². The van der Waals surface area contributed by atoms with Gasteiger partial charge in [-0.3, -0.25) is 0 Å². The Morgan fingerprint density at radius 1 is 1.00 bits per heavy atom. The Balaban J connectivity index is 2.07. The van der Waals surface area contributed by atoms with E-state index >= 15 is 0 Å². The summed E-state index contributed by atoms with van der Waals surface area (Å²) in [5.74, 6) is 0.871. The largest absolute Gasteiger partial charge is 0.497 e. The predicted octanol–water partition coefficient (Wildman–Crippen LogP) is 3.00. The van der Waals surface area contributed by atoms with Crippen LogP contribution in [0.25, 0.3) is 5.69 Å². The van der Waals surface area contributed by atoms with Gasteiger partial charge >= 0.3 is 0 Å². The molecule has 1 aromatic heterocycles. The van der Waals surface area contributed by atoms with Gasteiger partial charge in [0.15, 0.2) is 5.82 Å². The summed E-state index contributed by atoms with van der Waals surface area (Å²) in [6.07, 6.45) is 0. The third-order valence-corrected chi connectivity index (χ3v) is 6.26. The maximum absolute atomic E-state index is 13.1. The van der Waals surface area contributed by atoms with Crippen LogP contribution in [0.4, 0.5) is 5.82 Å². The maximum atomic E-state index is 13.1. The van der Waals surface area contributed by atoms with Crippen LogP contribution in [-0.4, -0.2) is 37.6 Å². The molecule has 2 aromatic carbocycles. The summed E-state index contributed by atoms with van der Waals surface area (Å²) in [6, 6.07) is 11.7. The number of methoxy groups -OCH3 is 2. The minimum absolute atomic E-state index is 0.0899. The average Bonchev–Trinajstić information content (AvgIpc) is 3.08. The van der Waals surface area contributed by atoms with Crippen LogP contribution >= 0.6 is 0 Å². The van der Waals surface area contributed by atoms with Gasteiger partial charge in [0.2, 0.25) is 14.9 Å². The number of nitrogens with zero attached hydrogens (tertiary/aromatic N) is 3. The second-order valence-corrected chi connectivity index (χ2v) is 9.37. The van der Waals surface area contributed by atoms with E-state index in [4.69, 9.17) is 15.2 Å². The number of sulfone groups is 1. The van der Waals surface area contributed by atoms with E-state index < -0.39 is 9.84 Å². The fourth-order valence-corrected chi connectivity index (χ4v) is 4.08. The Morgan fingerprint density at radius 2 is 1.66 bits per heavy atom. The number of benzene rings is 2. The van der Waals surface area contributed by atoms with Gasteiger partial charge in [0.25, 0.3) is 0 Å². The first-order valence-electron chi connectivity index (χ1n) is 8.89. The molecule has 29 heavy (non-hydrogen) atoms. The first-order chi connectivity index (χ1) is 13.6. The van der Waals surface area contributed by atoms with Gasteiger partial charge in [0.1, 0.15) is 17.2 Å². The molecule has 0 unspecified atom stereocenters. The third-order valence-electron chi connectivity index (χ3n) is 4.57. The Labute approximate surface area is 170 Å². The molecule has 0 saturated carbocycles. The smallest absolute Gasteiger partial charge is 0.229 e. The second kappa shape index (κ2) is 7.40. The maximum Gasteiger partial charge on any atom is 0.229 e. The third kappa shape index (κ3) is 3.77. The molecule has 3 rings (SSSR count). The van der Waals surface area contributed by atoms with E-state index in [1.165, 1.54) is 18.9 Å². The molecule has 0 aliphatic carbocycles. The zero-order valence-electron chi connectivity index (χ0n) is 17.0. The lowest BCUT2D eigenvalue weighted by atomic mass is 9.87. The summed E-state index contributed by atoms with van der Waals surface area (Å²) >= 11 is 0.